The number of furan rings is 1. The SMILES string of the molecule is CC.Cc1cc(N2CCCCC2)cc2nc(-c3ccco3)nn12. The molecule has 0 N–H and O–H groups in total. The lowest BCUT2D eigenvalue weighted by Crippen LogP contribution is -2.29. The van der Waals surface area contributed by atoms with E-state index in [4.69, 9.17) is 4.42 Å². The third-order valence-corrected chi connectivity index (χ3v) is 4.06. The number of hydrogen-bond acceptors (Lipinski definition) is 4. The lowest BCUT2D eigenvalue weighted by atomic mass is 10.1. The molecule has 122 valence electrons. The van der Waals surface area contributed by atoms with Gasteiger partial charge in [0.05, 0.1) is 6.26 Å². The molecule has 3 aromatic heterocycles. The van der Waals surface area contributed by atoms with E-state index in [0.717, 1.165) is 24.4 Å². The van der Waals surface area contributed by atoms with E-state index < -0.39 is 0 Å². The molecule has 1 aliphatic rings. The van der Waals surface area contributed by atoms with Gasteiger partial charge in [0, 0.05) is 30.5 Å². The maximum absolute atomic E-state index is 5.39. The van der Waals surface area contributed by atoms with Gasteiger partial charge >= 0.3 is 0 Å². The normalized spacial score (nSPS) is 14.7. The van der Waals surface area contributed by atoms with Gasteiger partial charge in [0.2, 0.25) is 5.82 Å². The minimum atomic E-state index is 0.638. The first-order valence-electron chi connectivity index (χ1n) is 8.47. The number of pyridine rings is 1. The monoisotopic (exact) mass is 312 g/mol. The molecule has 1 fully saturated rings. The minimum absolute atomic E-state index is 0.638. The Morgan fingerprint density at radius 2 is 1.87 bits per heavy atom. The number of rotatable bonds is 2. The van der Waals surface area contributed by atoms with Crippen LogP contribution < -0.4 is 4.90 Å². The maximum atomic E-state index is 5.39. The summed E-state index contributed by atoms with van der Waals surface area (Å²) in [5, 5.41) is 4.53. The largest absolute Gasteiger partial charge is 0.461 e. The molecule has 1 saturated heterocycles. The van der Waals surface area contributed by atoms with Crippen LogP contribution in [0.25, 0.3) is 17.2 Å². The summed E-state index contributed by atoms with van der Waals surface area (Å²) >= 11 is 0. The van der Waals surface area contributed by atoms with Crippen molar-refractivity contribution in [3.8, 4) is 11.6 Å². The summed E-state index contributed by atoms with van der Waals surface area (Å²) < 4.78 is 7.27. The lowest BCUT2D eigenvalue weighted by molar-refractivity contribution is 0.576. The van der Waals surface area contributed by atoms with E-state index in [0.29, 0.717) is 11.6 Å². The molecule has 0 amide bonds. The smallest absolute Gasteiger partial charge is 0.217 e. The highest BCUT2D eigenvalue weighted by Crippen LogP contribution is 2.24. The molecule has 23 heavy (non-hydrogen) atoms. The van der Waals surface area contributed by atoms with Crippen LogP contribution in [0.4, 0.5) is 5.69 Å². The molecule has 0 saturated carbocycles. The van der Waals surface area contributed by atoms with Crippen LogP contribution in [-0.2, 0) is 0 Å². The van der Waals surface area contributed by atoms with Gasteiger partial charge in [-0.1, -0.05) is 13.8 Å². The van der Waals surface area contributed by atoms with Crippen molar-refractivity contribution in [1.82, 2.24) is 14.6 Å². The highest BCUT2D eigenvalue weighted by molar-refractivity contribution is 5.60. The average molecular weight is 312 g/mol. The predicted molar refractivity (Wildman–Crippen MR) is 92.8 cm³/mol. The molecule has 4 rings (SSSR count). The summed E-state index contributed by atoms with van der Waals surface area (Å²) in [5.41, 5.74) is 3.22. The van der Waals surface area contributed by atoms with Crippen molar-refractivity contribution in [2.75, 3.05) is 18.0 Å². The van der Waals surface area contributed by atoms with Crippen molar-refractivity contribution >= 4 is 11.3 Å². The Labute approximate surface area is 136 Å². The van der Waals surface area contributed by atoms with Gasteiger partial charge in [-0.3, -0.25) is 0 Å². The van der Waals surface area contributed by atoms with Gasteiger partial charge in [0.1, 0.15) is 0 Å². The number of hydrogen-bond donors (Lipinski definition) is 0. The van der Waals surface area contributed by atoms with E-state index in [9.17, 15) is 0 Å². The summed E-state index contributed by atoms with van der Waals surface area (Å²) in [7, 11) is 0. The summed E-state index contributed by atoms with van der Waals surface area (Å²) in [4.78, 5) is 7.05. The molecule has 0 spiro atoms. The van der Waals surface area contributed by atoms with Crippen LogP contribution in [0.5, 0.6) is 0 Å². The van der Waals surface area contributed by atoms with Crippen molar-refractivity contribution in [1.29, 1.82) is 0 Å². The Balaban J connectivity index is 0.000000753. The molecule has 0 radical (unpaired) electrons. The number of anilines is 1. The van der Waals surface area contributed by atoms with E-state index in [1.807, 2.05) is 30.5 Å². The first-order chi connectivity index (χ1) is 11.3. The van der Waals surface area contributed by atoms with Gasteiger partial charge in [-0.25, -0.2) is 9.50 Å². The number of piperidine rings is 1. The Morgan fingerprint density at radius 3 is 2.57 bits per heavy atom. The predicted octanol–water partition coefficient (Wildman–Crippen LogP) is 4.31. The third kappa shape index (κ3) is 3.09. The van der Waals surface area contributed by atoms with Gasteiger partial charge in [-0.05, 0) is 44.4 Å². The van der Waals surface area contributed by atoms with Crippen LogP contribution in [0, 0.1) is 6.92 Å². The molecule has 3 aromatic rings. The Hall–Kier alpha value is -2.30. The van der Waals surface area contributed by atoms with Crippen LogP contribution in [0.3, 0.4) is 0 Å². The number of aryl methyl sites for hydroxylation is 1. The fourth-order valence-corrected chi connectivity index (χ4v) is 2.97. The van der Waals surface area contributed by atoms with E-state index in [-0.39, 0.29) is 0 Å². The van der Waals surface area contributed by atoms with Crippen molar-refractivity contribution < 1.29 is 4.42 Å². The van der Waals surface area contributed by atoms with Crippen molar-refractivity contribution in [2.24, 2.45) is 0 Å². The Kier molecular flexibility index (Phi) is 4.65. The van der Waals surface area contributed by atoms with Gasteiger partial charge in [-0.15, -0.1) is 5.10 Å². The summed E-state index contributed by atoms with van der Waals surface area (Å²) in [6.07, 6.45) is 5.53. The van der Waals surface area contributed by atoms with E-state index in [2.05, 4.69) is 34.0 Å². The zero-order valence-electron chi connectivity index (χ0n) is 14.1. The molecule has 0 atom stereocenters. The molecule has 4 heterocycles. The highest BCUT2D eigenvalue weighted by atomic mass is 16.3. The van der Waals surface area contributed by atoms with E-state index >= 15 is 0 Å². The summed E-state index contributed by atoms with van der Waals surface area (Å²) in [5.74, 6) is 1.34. The molecule has 1 aliphatic heterocycles. The molecule has 0 bridgehead atoms. The zero-order chi connectivity index (χ0) is 16.2. The van der Waals surface area contributed by atoms with Crippen LogP contribution in [0.1, 0.15) is 38.8 Å². The second-order valence-electron chi connectivity index (χ2n) is 5.59. The van der Waals surface area contributed by atoms with E-state index in [1.54, 1.807) is 6.26 Å². The molecular weight excluding hydrogens is 288 g/mol. The third-order valence-electron chi connectivity index (χ3n) is 4.06. The number of aromatic nitrogens is 3. The van der Waals surface area contributed by atoms with Gasteiger partial charge in [0.15, 0.2) is 11.4 Å². The lowest BCUT2D eigenvalue weighted by Gasteiger charge is -2.29. The topological polar surface area (TPSA) is 46.6 Å². The first-order valence-corrected chi connectivity index (χ1v) is 8.47. The zero-order valence-corrected chi connectivity index (χ0v) is 14.1. The quantitative estimate of drug-likeness (QED) is 0.707. The Bertz CT molecular complexity index is 755. The van der Waals surface area contributed by atoms with Crippen molar-refractivity contribution in [3.63, 3.8) is 0 Å². The summed E-state index contributed by atoms with van der Waals surface area (Å²) in [6, 6.07) is 8.05. The fraction of sp³-hybridized carbons (Fsp3) is 0.444. The van der Waals surface area contributed by atoms with Crippen LogP contribution >= 0.6 is 0 Å². The second-order valence-corrected chi connectivity index (χ2v) is 5.59. The Morgan fingerprint density at radius 1 is 1.09 bits per heavy atom. The van der Waals surface area contributed by atoms with E-state index in [1.165, 1.54) is 24.9 Å². The van der Waals surface area contributed by atoms with Crippen LogP contribution in [0.15, 0.2) is 34.9 Å². The number of nitrogens with zero attached hydrogens (tertiary/aromatic N) is 4. The molecule has 5 heteroatoms. The molecular formula is C18H24N4O. The van der Waals surface area contributed by atoms with Crippen LogP contribution in [-0.4, -0.2) is 27.7 Å². The number of fused-ring (bicyclic) bond motifs is 1. The highest BCUT2D eigenvalue weighted by Gasteiger charge is 2.15. The molecule has 0 unspecified atom stereocenters. The standard InChI is InChI=1S/C16H18N4O.C2H6/c1-12-10-13(19-7-3-2-4-8-19)11-15-17-16(18-20(12)15)14-6-5-9-21-14;1-2/h5-6,9-11H,2-4,7-8H2,1H3;1-2H3. The molecule has 5 nitrogen and oxygen atoms in total. The van der Waals surface area contributed by atoms with Crippen LogP contribution in [0.2, 0.25) is 0 Å². The van der Waals surface area contributed by atoms with Gasteiger partial charge < -0.3 is 9.32 Å². The van der Waals surface area contributed by atoms with Crippen molar-refractivity contribution in [3.05, 3.63) is 36.2 Å². The molecule has 0 aliphatic carbocycles. The minimum Gasteiger partial charge on any atom is -0.461 e. The molecule has 0 aromatic carbocycles. The van der Waals surface area contributed by atoms with Crippen molar-refractivity contribution in [2.45, 2.75) is 40.0 Å². The fourth-order valence-electron chi connectivity index (χ4n) is 2.97. The maximum Gasteiger partial charge on any atom is 0.217 e. The van der Waals surface area contributed by atoms with Gasteiger partial charge in [0.25, 0.3) is 0 Å². The first kappa shape index (κ1) is 15.6. The average Bonchev–Trinajstić information content (AvgIpc) is 3.27. The second kappa shape index (κ2) is 6.86. The van der Waals surface area contributed by atoms with Gasteiger partial charge in [-0.2, -0.15) is 0 Å². The summed E-state index contributed by atoms with van der Waals surface area (Å²) in [6.45, 7) is 8.34.